The average molecular weight is 559 g/mol. The Kier molecular flexibility index (Phi) is 11.6. The molecule has 1 aliphatic heterocycles. The van der Waals surface area contributed by atoms with Crippen LogP contribution in [-0.4, -0.2) is 74.2 Å². The summed E-state index contributed by atoms with van der Waals surface area (Å²) in [4.78, 5) is 31.1. The molecule has 1 heterocycles. The van der Waals surface area contributed by atoms with E-state index >= 15 is 0 Å². The van der Waals surface area contributed by atoms with Gasteiger partial charge in [0.1, 0.15) is 18.1 Å². The van der Waals surface area contributed by atoms with Crippen LogP contribution in [0, 0.1) is 6.92 Å². The van der Waals surface area contributed by atoms with E-state index in [2.05, 4.69) is 12.1 Å². The second-order valence-corrected chi connectivity index (χ2v) is 10.5. The van der Waals surface area contributed by atoms with Gasteiger partial charge >= 0.3 is 0 Å². The number of ether oxygens (including phenoxy) is 3. The van der Waals surface area contributed by atoms with Gasteiger partial charge in [-0.3, -0.25) is 9.59 Å². The van der Waals surface area contributed by atoms with E-state index in [1.165, 1.54) is 0 Å². The van der Waals surface area contributed by atoms with Gasteiger partial charge in [-0.05, 0) is 55.5 Å². The molecule has 0 spiro atoms. The van der Waals surface area contributed by atoms with Gasteiger partial charge in [0.2, 0.25) is 0 Å². The minimum Gasteiger partial charge on any atom is -0.491 e. The summed E-state index contributed by atoms with van der Waals surface area (Å²) in [5.74, 6) is 1.11. The van der Waals surface area contributed by atoms with Gasteiger partial charge in [-0.2, -0.15) is 0 Å². The Hall–Kier alpha value is -3.84. The van der Waals surface area contributed by atoms with Crippen LogP contribution in [0.25, 0.3) is 0 Å². The monoisotopic (exact) mass is 558 g/mol. The Balaban J connectivity index is 1.60. The molecule has 4 rings (SSSR count). The van der Waals surface area contributed by atoms with E-state index in [1.807, 2.05) is 83.5 Å². The summed E-state index contributed by atoms with van der Waals surface area (Å²) in [7, 11) is 1.65. The largest absolute Gasteiger partial charge is 0.491 e. The lowest BCUT2D eigenvalue weighted by atomic mass is 10.0. The van der Waals surface area contributed by atoms with Crippen LogP contribution in [-0.2, 0) is 16.0 Å². The molecule has 0 saturated carbocycles. The first-order valence-corrected chi connectivity index (χ1v) is 14.6. The number of methoxy groups -OCH3 is 1. The average Bonchev–Trinajstić information content (AvgIpc) is 3.00. The van der Waals surface area contributed by atoms with Gasteiger partial charge in [-0.1, -0.05) is 73.5 Å². The molecule has 3 aromatic rings. The van der Waals surface area contributed by atoms with Gasteiger partial charge in [-0.25, -0.2) is 0 Å². The maximum absolute atomic E-state index is 13.7. The Bertz CT molecular complexity index is 1250. The van der Waals surface area contributed by atoms with Crippen molar-refractivity contribution >= 4 is 11.8 Å². The first-order chi connectivity index (χ1) is 20.1. The zero-order chi connectivity index (χ0) is 28.9. The summed E-state index contributed by atoms with van der Waals surface area (Å²) in [6.45, 7) is 4.47. The molecule has 1 atom stereocenters. The molecule has 0 fully saturated rings. The third-order valence-corrected chi connectivity index (χ3v) is 7.50. The number of aryl methyl sites for hydroxylation is 1. The summed E-state index contributed by atoms with van der Waals surface area (Å²) in [5.41, 5.74) is 2.64. The molecular formula is C34H42N2O5. The highest BCUT2D eigenvalue weighted by Gasteiger charge is 2.27. The SMILES string of the molecule is COCCN1CCCCCCN(C(=O)COc2ccccc2C)[C@@H](Cc2ccccc2)COc2ccccc2C1=O. The number of rotatable bonds is 8. The van der Waals surface area contributed by atoms with Crippen molar-refractivity contribution < 1.29 is 23.8 Å². The number of benzene rings is 3. The molecule has 0 saturated heterocycles. The molecule has 0 unspecified atom stereocenters. The predicted octanol–water partition coefficient (Wildman–Crippen LogP) is 5.56. The summed E-state index contributed by atoms with van der Waals surface area (Å²) >= 11 is 0. The van der Waals surface area contributed by atoms with Crippen LogP contribution in [0.2, 0.25) is 0 Å². The van der Waals surface area contributed by atoms with Gasteiger partial charge in [0.25, 0.3) is 11.8 Å². The molecule has 41 heavy (non-hydrogen) atoms. The van der Waals surface area contributed by atoms with Gasteiger partial charge < -0.3 is 24.0 Å². The molecule has 1 aliphatic rings. The van der Waals surface area contributed by atoms with E-state index in [9.17, 15) is 9.59 Å². The van der Waals surface area contributed by atoms with Crippen molar-refractivity contribution in [3.63, 3.8) is 0 Å². The zero-order valence-corrected chi connectivity index (χ0v) is 24.3. The van der Waals surface area contributed by atoms with Crippen LogP contribution >= 0.6 is 0 Å². The third kappa shape index (κ3) is 8.82. The van der Waals surface area contributed by atoms with Gasteiger partial charge in [0.15, 0.2) is 6.61 Å². The summed E-state index contributed by atoms with van der Waals surface area (Å²) in [6, 6.07) is 25.0. The molecule has 218 valence electrons. The lowest BCUT2D eigenvalue weighted by Gasteiger charge is -2.33. The van der Waals surface area contributed by atoms with E-state index in [1.54, 1.807) is 7.11 Å². The van der Waals surface area contributed by atoms with Gasteiger partial charge in [0, 0.05) is 26.7 Å². The second-order valence-electron chi connectivity index (χ2n) is 10.5. The highest BCUT2D eigenvalue weighted by Crippen LogP contribution is 2.23. The Morgan fingerprint density at radius 2 is 1.61 bits per heavy atom. The molecular weight excluding hydrogens is 516 g/mol. The molecule has 0 radical (unpaired) electrons. The third-order valence-electron chi connectivity index (χ3n) is 7.50. The number of fused-ring (bicyclic) bond motifs is 1. The number of para-hydroxylation sites is 2. The number of nitrogens with zero attached hydrogens (tertiary/aromatic N) is 2. The van der Waals surface area contributed by atoms with E-state index in [-0.39, 0.29) is 31.1 Å². The minimum atomic E-state index is -0.235. The zero-order valence-electron chi connectivity index (χ0n) is 24.3. The fourth-order valence-corrected chi connectivity index (χ4v) is 5.18. The van der Waals surface area contributed by atoms with Crippen LogP contribution in [0.5, 0.6) is 11.5 Å². The standard InChI is InChI=1S/C34H42N2O5/c1-27-14-8-10-18-31(27)41-26-33(37)36-21-13-4-3-12-20-35(22-23-39-2)34(38)30-17-9-11-19-32(30)40-25-29(36)24-28-15-6-5-7-16-28/h5-11,14-19,29H,3-4,12-13,20-26H2,1-2H3/t29-/m0/s1. The molecule has 0 aliphatic carbocycles. The van der Waals surface area contributed by atoms with E-state index < -0.39 is 0 Å². The second kappa shape index (κ2) is 15.8. The van der Waals surface area contributed by atoms with Crippen molar-refractivity contribution in [3.8, 4) is 11.5 Å². The molecule has 3 aromatic carbocycles. The first kappa shape index (κ1) is 30.1. The molecule has 7 nitrogen and oxygen atoms in total. The van der Waals surface area contributed by atoms with Crippen LogP contribution < -0.4 is 9.47 Å². The molecule has 0 bridgehead atoms. The highest BCUT2D eigenvalue weighted by molar-refractivity contribution is 5.97. The molecule has 0 aromatic heterocycles. The number of amides is 2. The highest BCUT2D eigenvalue weighted by atomic mass is 16.5. The van der Waals surface area contributed by atoms with Gasteiger partial charge in [-0.15, -0.1) is 0 Å². The predicted molar refractivity (Wildman–Crippen MR) is 161 cm³/mol. The maximum Gasteiger partial charge on any atom is 0.260 e. The van der Waals surface area contributed by atoms with Crippen molar-refractivity contribution in [2.75, 3.05) is 46.6 Å². The van der Waals surface area contributed by atoms with E-state index in [0.29, 0.717) is 49.7 Å². The Morgan fingerprint density at radius 3 is 2.39 bits per heavy atom. The smallest absolute Gasteiger partial charge is 0.260 e. The first-order valence-electron chi connectivity index (χ1n) is 14.6. The van der Waals surface area contributed by atoms with E-state index in [4.69, 9.17) is 14.2 Å². The lowest BCUT2D eigenvalue weighted by Crippen LogP contribution is -2.47. The van der Waals surface area contributed by atoms with Gasteiger partial charge in [0.05, 0.1) is 18.2 Å². The number of carbonyl (C=O) groups excluding carboxylic acids is 2. The summed E-state index contributed by atoms with van der Waals surface area (Å²) in [5, 5.41) is 0. The Morgan fingerprint density at radius 1 is 0.902 bits per heavy atom. The van der Waals surface area contributed by atoms with Crippen molar-refractivity contribution in [2.24, 2.45) is 0 Å². The van der Waals surface area contributed by atoms with Crippen LogP contribution in [0.3, 0.4) is 0 Å². The number of hydrogen-bond acceptors (Lipinski definition) is 5. The van der Waals surface area contributed by atoms with Crippen molar-refractivity contribution in [1.29, 1.82) is 0 Å². The molecule has 7 heteroatoms. The maximum atomic E-state index is 13.7. The van der Waals surface area contributed by atoms with Crippen LogP contribution in [0.1, 0.15) is 47.2 Å². The number of carbonyl (C=O) groups is 2. The molecule has 2 amide bonds. The minimum absolute atomic E-state index is 0.0420. The Labute approximate surface area is 244 Å². The topological polar surface area (TPSA) is 68.3 Å². The summed E-state index contributed by atoms with van der Waals surface area (Å²) < 4.78 is 17.6. The van der Waals surface area contributed by atoms with Crippen molar-refractivity contribution in [3.05, 3.63) is 95.6 Å². The molecule has 0 N–H and O–H groups in total. The lowest BCUT2D eigenvalue weighted by molar-refractivity contribution is -0.136. The normalized spacial score (nSPS) is 16.8. The number of hydrogen-bond donors (Lipinski definition) is 0. The van der Waals surface area contributed by atoms with Crippen LogP contribution in [0.4, 0.5) is 0 Å². The fourth-order valence-electron chi connectivity index (χ4n) is 5.18. The van der Waals surface area contributed by atoms with Crippen LogP contribution in [0.15, 0.2) is 78.9 Å². The van der Waals surface area contributed by atoms with Crippen molar-refractivity contribution in [1.82, 2.24) is 9.80 Å². The summed E-state index contributed by atoms with van der Waals surface area (Å²) in [6.07, 6.45) is 4.32. The quantitative estimate of drug-likeness (QED) is 0.362. The fraction of sp³-hybridized carbons (Fsp3) is 0.412. The van der Waals surface area contributed by atoms with Crippen molar-refractivity contribution in [2.45, 2.75) is 45.1 Å². The van der Waals surface area contributed by atoms with E-state index in [0.717, 1.165) is 36.8 Å².